The number of ether oxygens (including phenoxy) is 2. The summed E-state index contributed by atoms with van der Waals surface area (Å²) >= 11 is 0. The minimum absolute atomic E-state index is 0.217. The molecule has 0 unspecified atom stereocenters. The molecule has 7 heteroatoms. The van der Waals surface area contributed by atoms with Gasteiger partial charge in [-0.1, -0.05) is 25.7 Å². The number of nitrogens with zero attached hydrogens (tertiary/aromatic N) is 2. The average Bonchev–Trinajstić information content (AvgIpc) is 3.66. The fourth-order valence-electron chi connectivity index (χ4n) is 3.42. The number of aryl methyl sites for hydroxylation is 2. The molecule has 0 aromatic carbocycles. The fraction of sp³-hybridized carbons (Fsp3) is 0.435. The number of esters is 2. The summed E-state index contributed by atoms with van der Waals surface area (Å²) in [5.74, 6) is -0.363. The van der Waals surface area contributed by atoms with Crippen molar-refractivity contribution in [2.45, 2.75) is 51.4 Å². The van der Waals surface area contributed by atoms with Gasteiger partial charge in [0.1, 0.15) is 0 Å². The number of pyridine rings is 2. The molecule has 0 bridgehead atoms. The highest BCUT2D eigenvalue weighted by molar-refractivity contribution is 6.01. The van der Waals surface area contributed by atoms with Gasteiger partial charge in [-0.05, 0) is 61.8 Å². The van der Waals surface area contributed by atoms with Crippen molar-refractivity contribution in [1.82, 2.24) is 9.97 Å². The van der Waals surface area contributed by atoms with Crippen LogP contribution in [0.5, 0.6) is 0 Å². The molecule has 0 N–H and O–H groups in total. The number of aromatic nitrogens is 2. The third-order valence-corrected chi connectivity index (χ3v) is 5.54. The Balaban J connectivity index is 1.35. The molecule has 30 heavy (non-hydrogen) atoms. The zero-order valence-electron chi connectivity index (χ0n) is 16.7. The van der Waals surface area contributed by atoms with Crippen molar-refractivity contribution in [3.63, 3.8) is 0 Å². The summed E-state index contributed by atoms with van der Waals surface area (Å²) in [6, 6.07) is 6.33. The molecule has 2 saturated carbocycles. The maximum absolute atomic E-state index is 12.4. The van der Waals surface area contributed by atoms with Gasteiger partial charge in [-0.25, -0.2) is 14.4 Å². The molecule has 7 nitrogen and oxygen atoms in total. The zero-order valence-corrected chi connectivity index (χ0v) is 16.7. The summed E-state index contributed by atoms with van der Waals surface area (Å²) in [6.45, 7) is 0. The summed E-state index contributed by atoms with van der Waals surface area (Å²) in [7, 11) is 0. The molecule has 2 aromatic rings. The van der Waals surface area contributed by atoms with Crippen molar-refractivity contribution < 1.29 is 23.9 Å². The van der Waals surface area contributed by atoms with Crippen LogP contribution in [0.4, 0.5) is 4.79 Å². The third-order valence-electron chi connectivity index (χ3n) is 5.54. The molecule has 4 rings (SSSR count). The van der Waals surface area contributed by atoms with E-state index in [4.69, 9.17) is 9.47 Å². The van der Waals surface area contributed by atoms with Crippen LogP contribution in [0.2, 0.25) is 0 Å². The van der Waals surface area contributed by atoms with Gasteiger partial charge in [-0.15, -0.1) is 0 Å². The number of rotatable bonds is 8. The van der Waals surface area contributed by atoms with E-state index in [9.17, 15) is 14.4 Å². The molecule has 0 aliphatic heterocycles. The standard InChI is InChI=1S/C23H24N2O5/c26-21(17-3-1-13-24-19(17)11-9-15-5-6-15)29-23(28)30-22(27)18-4-2-14-25-20(18)12-10-16-7-8-16/h1-4,13-16H,5-12H2. The smallest absolute Gasteiger partial charge is 0.356 e. The third kappa shape index (κ3) is 5.49. The molecule has 0 spiro atoms. The highest BCUT2D eigenvalue weighted by Crippen LogP contribution is 2.34. The summed E-state index contributed by atoms with van der Waals surface area (Å²) in [6.07, 6.45) is 9.87. The Morgan fingerprint density at radius 3 is 1.60 bits per heavy atom. The topological polar surface area (TPSA) is 95.5 Å². The number of carbonyl (C=O) groups excluding carboxylic acids is 3. The first-order valence-electron chi connectivity index (χ1n) is 10.5. The molecule has 0 saturated heterocycles. The van der Waals surface area contributed by atoms with E-state index in [1.807, 2.05) is 0 Å². The van der Waals surface area contributed by atoms with E-state index < -0.39 is 18.1 Å². The van der Waals surface area contributed by atoms with Crippen molar-refractivity contribution in [3.05, 3.63) is 59.2 Å². The molecule has 2 aromatic heterocycles. The number of carbonyl (C=O) groups is 3. The molecular formula is C23H24N2O5. The van der Waals surface area contributed by atoms with Crippen molar-refractivity contribution in [2.24, 2.45) is 11.8 Å². The Morgan fingerprint density at radius 1 is 0.767 bits per heavy atom. The lowest BCUT2D eigenvalue weighted by Gasteiger charge is -2.09. The molecule has 0 amide bonds. The number of hydrogen-bond acceptors (Lipinski definition) is 7. The lowest BCUT2D eigenvalue weighted by molar-refractivity contribution is 0.0336. The van der Waals surface area contributed by atoms with E-state index in [0.29, 0.717) is 36.1 Å². The van der Waals surface area contributed by atoms with Crippen molar-refractivity contribution >= 4 is 18.1 Å². The first-order valence-corrected chi connectivity index (χ1v) is 10.5. The van der Waals surface area contributed by atoms with Gasteiger partial charge in [0.15, 0.2) is 0 Å². The maximum atomic E-state index is 12.4. The van der Waals surface area contributed by atoms with E-state index in [0.717, 1.165) is 12.8 Å². The Labute approximate surface area is 174 Å². The zero-order chi connectivity index (χ0) is 20.9. The lowest BCUT2D eigenvalue weighted by Crippen LogP contribution is -2.20. The van der Waals surface area contributed by atoms with Gasteiger partial charge in [0.25, 0.3) is 0 Å². The van der Waals surface area contributed by atoms with Gasteiger partial charge < -0.3 is 9.47 Å². The van der Waals surface area contributed by atoms with Gasteiger partial charge in [0.2, 0.25) is 0 Å². The summed E-state index contributed by atoms with van der Waals surface area (Å²) in [5, 5.41) is 0. The van der Waals surface area contributed by atoms with E-state index in [-0.39, 0.29) is 11.1 Å². The minimum Gasteiger partial charge on any atom is -0.356 e. The minimum atomic E-state index is -1.35. The van der Waals surface area contributed by atoms with Crippen LogP contribution in [-0.2, 0) is 22.3 Å². The van der Waals surface area contributed by atoms with Crippen LogP contribution < -0.4 is 0 Å². The molecule has 156 valence electrons. The lowest BCUT2D eigenvalue weighted by atomic mass is 10.1. The van der Waals surface area contributed by atoms with Crippen LogP contribution in [0.25, 0.3) is 0 Å². The van der Waals surface area contributed by atoms with Crippen LogP contribution in [0.3, 0.4) is 0 Å². The summed E-state index contributed by atoms with van der Waals surface area (Å²) in [4.78, 5) is 45.4. The second-order valence-corrected chi connectivity index (χ2v) is 7.99. The SMILES string of the molecule is O=C(OC(=O)c1cccnc1CCC1CC1)OC(=O)c1cccnc1CCC1CC1. The highest BCUT2D eigenvalue weighted by atomic mass is 16.8. The molecular weight excluding hydrogens is 384 g/mol. The van der Waals surface area contributed by atoms with E-state index in [1.54, 1.807) is 36.7 Å². The molecule has 0 radical (unpaired) electrons. The van der Waals surface area contributed by atoms with Gasteiger partial charge in [-0.2, -0.15) is 0 Å². The predicted octanol–water partition coefficient (Wildman–Crippen LogP) is 4.30. The van der Waals surface area contributed by atoms with Crippen LogP contribution in [0.1, 0.15) is 70.6 Å². The Kier molecular flexibility index (Phi) is 6.16. The molecule has 2 heterocycles. The second kappa shape index (κ2) is 9.15. The second-order valence-electron chi connectivity index (χ2n) is 7.99. The van der Waals surface area contributed by atoms with E-state index >= 15 is 0 Å². The largest absolute Gasteiger partial charge is 0.524 e. The van der Waals surface area contributed by atoms with Crippen LogP contribution in [-0.4, -0.2) is 28.1 Å². The Bertz CT molecular complexity index is 875. The van der Waals surface area contributed by atoms with Crippen molar-refractivity contribution in [2.75, 3.05) is 0 Å². The van der Waals surface area contributed by atoms with E-state index in [2.05, 4.69) is 9.97 Å². The molecule has 2 aliphatic rings. The quantitative estimate of drug-likeness (QED) is 0.475. The maximum Gasteiger partial charge on any atom is 0.524 e. The monoisotopic (exact) mass is 408 g/mol. The van der Waals surface area contributed by atoms with Crippen molar-refractivity contribution in [3.8, 4) is 0 Å². The average molecular weight is 408 g/mol. The number of hydrogen-bond donors (Lipinski definition) is 0. The molecule has 0 atom stereocenters. The highest BCUT2D eigenvalue weighted by Gasteiger charge is 2.26. The van der Waals surface area contributed by atoms with E-state index in [1.165, 1.54) is 25.7 Å². The van der Waals surface area contributed by atoms with Crippen LogP contribution in [0.15, 0.2) is 36.7 Å². The van der Waals surface area contributed by atoms with Crippen LogP contribution >= 0.6 is 0 Å². The molecule has 2 aliphatic carbocycles. The van der Waals surface area contributed by atoms with Crippen LogP contribution in [0, 0.1) is 11.8 Å². The first-order chi connectivity index (χ1) is 14.6. The normalized spacial score (nSPS) is 15.5. The Morgan fingerprint density at radius 2 is 1.20 bits per heavy atom. The van der Waals surface area contributed by atoms with Gasteiger partial charge >= 0.3 is 18.1 Å². The van der Waals surface area contributed by atoms with Gasteiger partial charge in [0, 0.05) is 12.4 Å². The van der Waals surface area contributed by atoms with Gasteiger partial charge in [0.05, 0.1) is 22.5 Å². The Hall–Kier alpha value is -3.09. The first kappa shape index (κ1) is 20.2. The predicted molar refractivity (Wildman–Crippen MR) is 107 cm³/mol. The van der Waals surface area contributed by atoms with Crippen molar-refractivity contribution in [1.29, 1.82) is 0 Å². The fourth-order valence-corrected chi connectivity index (χ4v) is 3.42. The summed E-state index contributed by atoms with van der Waals surface area (Å²) < 4.78 is 9.52. The van der Waals surface area contributed by atoms with Gasteiger partial charge in [-0.3, -0.25) is 9.97 Å². The summed E-state index contributed by atoms with van der Waals surface area (Å²) in [5.41, 5.74) is 1.61. The molecule has 2 fully saturated rings.